The van der Waals surface area contributed by atoms with Crippen molar-refractivity contribution in [3.8, 4) is 17.4 Å². The molecule has 0 radical (unpaired) electrons. The molecule has 3 N–H and O–H groups in total. The molecule has 2 aliphatic carbocycles. The molecule has 0 unspecified atom stereocenters. The van der Waals surface area contributed by atoms with E-state index in [2.05, 4.69) is 20.5 Å². The number of ether oxygens (including phenoxy) is 3. The van der Waals surface area contributed by atoms with E-state index in [1.807, 2.05) is 58.9 Å². The SMILES string of the molecule is COc1ccc2c(O[C@@H]3C[C@H]4C(=O)N[C@]5(C(=O)NS(=O)(=O)C6(C)CC6)C[C@H]5C=CCCCCC[C@H](NC(=O)c5ccn(CC(C)C)n5)C(=O)N4C3)cc(OC(C)C)nc2c1C. The number of carbonyl (C=O) groups is 4. The predicted molar refractivity (Wildman–Crippen MR) is 228 cm³/mol. The molecule has 1 saturated heterocycles. The number of hydrogen-bond donors (Lipinski definition) is 3. The maximum absolute atomic E-state index is 14.9. The van der Waals surface area contributed by atoms with Gasteiger partial charge in [0, 0.05) is 42.1 Å². The van der Waals surface area contributed by atoms with Gasteiger partial charge in [-0.15, -0.1) is 0 Å². The zero-order valence-corrected chi connectivity index (χ0v) is 37.0. The molecule has 0 bridgehead atoms. The third-order valence-corrected chi connectivity index (χ3v) is 14.4. The first-order chi connectivity index (χ1) is 28.9. The van der Waals surface area contributed by atoms with Crippen LogP contribution >= 0.6 is 0 Å². The number of nitrogens with one attached hydrogen (secondary N) is 3. The van der Waals surface area contributed by atoms with Gasteiger partial charge >= 0.3 is 0 Å². The second-order valence-electron chi connectivity index (χ2n) is 18.0. The average molecular weight is 862 g/mol. The van der Waals surface area contributed by atoms with Crippen molar-refractivity contribution in [3.05, 3.63) is 53.9 Å². The Labute approximate surface area is 357 Å². The van der Waals surface area contributed by atoms with Crippen molar-refractivity contribution in [1.29, 1.82) is 0 Å². The second kappa shape index (κ2) is 17.3. The van der Waals surface area contributed by atoms with Crippen LogP contribution in [0.15, 0.2) is 42.6 Å². The first-order valence-corrected chi connectivity index (χ1v) is 22.9. The number of aromatic nitrogens is 3. The monoisotopic (exact) mass is 861 g/mol. The smallest absolute Gasteiger partial charge is 0.272 e. The zero-order valence-electron chi connectivity index (χ0n) is 36.2. The van der Waals surface area contributed by atoms with Gasteiger partial charge in [-0.1, -0.05) is 38.8 Å². The molecule has 4 aliphatic rings. The minimum atomic E-state index is -4.01. The van der Waals surface area contributed by atoms with E-state index in [0.29, 0.717) is 72.8 Å². The molecule has 5 atom stereocenters. The van der Waals surface area contributed by atoms with Gasteiger partial charge in [-0.25, -0.2) is 13.4 Å². The van der Waals surface area contributed by atoms with Crippen LogP contribution in [0.5, 0.6) is 17.4 Å². The summed E-state index contributed by atoms with van der Waals surface area (Å²) in [7, 11) is -2.43. The first kappa shape index (κ1) is 43.9. The Hall–Kier alpha value is -5.19. The van der Waals surface area contributed by atoms with Crippen LogP contribution in [0.3, 0.4) is 0 Å². The highest BCUT2D eigenvalue weighted by atomic mass is 32.2. The summed E-state index contributed by atoms with van der Waals surface area (Å²) in [6.45, 7) is 11.9. The maximum Gasteiger partial charge on any atom is 0.272 e. The van der Waals surface area contributed by atoms with E-state index >= 15 is 0 Å². The number of rotatable bonds is 12. The molecule has 17 heteroatoms. The molecule has 3 aromatic rings. The Morgan fingerprint density at radius 1 is 1.07 bits per heavy atom. The van der Waals surface area contributed by atoms with Crippen molar-refractivity contribution in [2.24, 2.45) is 11.8 Å². The molecule has 16 nitrogen and oxygen atoms in total. The normalized spacial score (nSPS) is 25.2. The number of sulfonamides is 1. The fraction of sp³-hybridized carbons (Fsp3) is 0.591. The van der Waals surface area contributed by atoms with Gasteiger partial charge in [-0.2, -0.15) is 5.10 Å². The van der Waals surface area contributed by atoms with Crippen LogP contribution in [0.4, 0.5) is 0 Å². The predicted octanol–water partition coefficient (Wildman–Crippen LogP) is 4.73. The number of nitrogens with zero attached hydrogens (tertiary/aromatic N) is 4. The lowest BCUT2D eigenvalue weighted by molar-refractivity contribution is -0.141. The third kappa shape index (κ3) is 9.36. The number of carbonyl (C=O) groups excluding carboxylic acids is 4. The van der Waals surface area contributed by atoms with Crippen LogP contribution in [-0.4, -0.2) is 99.9 Å². The quantitative estimate of drug-likeness (QED) is 0.213. The Morgan fingerprint density at radius 3 is 2.54 bits per heavy atom. The number of fused-ring (bicyclic) bond motifs is 3. The molecule has 7 rings (SSSR count). The first-order valence-electron chi connectivity index (χ1n) is 21.5. The Morgan fingerprint density at radius 2 is 1.84 bits per heavy atom. The highest BCUT2D eigenvalue weighted by molar-refractivity contribution is 7.91. The number of aryl methyl sites for hydroxylation is 1. The Bertz CT molecular complexity index is 2320. The molecule has 2 aliphatic heterocycles. The van der Waals surface area contributed by atoms with Crippen molar-refractivity contribution in [2.75, 3.05) is 13.7 Å². The highest BCUT2D eigenvalue weighted by Gasteiger charge is 2.63. The van der Waals surface area contributed by atoms with Crippen LogP contribution in [-0.2, 0) is 31.0 Å². The lowest BCUT2D eigenvalue weighted by atomic mass is 10.0. The minimum Gasteiger partial charge on any atom is -0.496 e. The lowest BCUT2D eigenvalue weighted by Crippen LogP contribution is -2.58. The van der Waals surface area contributed by atoms with Gasteiger partial charge in [-0.05, 0) is 90.3 Å². The molecular weight excluding hydrogens is 803 g/mol. The molecule has 0 spiro atoms. The van der Waals surface area contributed by atoms with E-state index in [4.69, 9.17) is 19.2 Å². The fourth-order valence-corrected chi connectivity index (χ4v) is 9.61. The van der Waals surface area contributed by atoms with Gasteiger partial charge in [0.25, 0.3) is 11.8 Å². The van der Waals surface area contributed by atoms with Crippen molar-refractivity contribution >= 4 is 44.6 Å². The molecule has 330 valence electrons. The molecule has 3 fully saturated rings. The van der Waals surface area contributed by atoms with Crippen LogP contribution in [0, 0.1) is 18.8 Å². The summed E-state index contributed by atoms with van der Waals surface area (Å²) in [5.41, 5.74) is 0.00612. The Kier molecular flexibility index (Phi) is 12.4. The molecule has 4 heterocycles. The van der Waals surface area contributed by atoms with Crippen molar-refractivity contribution < 1.29 is 41.8 Å². The fourth-order valence-electron chi connectivity index (χ4n) is 8.29. The molecule has 61 heavy (non-hydrogen) atoms. The van der Waals surface area contributed by atoms with Gasteiger partial charge < -0.3 is 29.7 Å². The molecule has 1 aromatic carbocycles. The van der Waals surface area contributed by atoms with Gasteiger partial charge in [0.1, 0.15) is 40.9 Å². The van der Waals surface area contributed by atoms with Gasteiger partial charge in [-0.3, -0.25) is 28.6 Å². The average Bonchev–Trinajstić information content (AvgIpc) is 3.99. The van der Waals surface area contributed by atoms with Crippen molar-refractivity contribution in [1.82, 2.24) is 35.0 Å². The van der Waals surface area contributed by atoms with Crippen LogP contribution in [0.1, 0.15) is 108 Å². The third-order valence-electron chi connectivity index (χ3n) is 12.2. The summed E-state index contributed by atoms with van der Waals surface area (Å²) in [6, 6.07) is 4.82. The number of benzene rings is 1. The topological polar surface area (TPSA) is 200 Å². The molecular formula is C44H59N7O9S. The van der Waals surface area contributed by atoms with E-state index < -0.39 is 68.0 Å². The van der Waals surface area contributed by atoms with E-state index in [9.17, 15) is 27.6 Å². The summed E-state index contributed by atoms with van der Waals surface area (Å²) >= 11 is 0. The van der Waals surface area contributed by atoms with Gasteiger partial charge in [0.2, 0.25) is 27.7 Å². The van der Waals surface area contributed by atoms with Crippen molar-refractivity contribution in [2.45, 2.75) is 140 Å². The van der Waals surface area contributed by atoms with Gasteiger partial charge in [0.05, 0.1) is 30.0 Å². The summed E-state index contributed by atoms with van der Waals surface area (Å²) in [5, 5.41) is 11.0. The van der Waals surface area contributed by atoms with Crippen LogP contribution in [0.25, 0.3) is 10.9 Å². The number of allylic oxidation sites excluding steroid dienone is 1. The van der Waals surface area contributed by atoms with E-state index in [1.54, 1.807) is 37.0 Å². The number of pyridine rings is 1. The number of hydrogen-bond acceptors (Lipinski definition) is 11. The summed E-state index contributed by atoms with van der Waals surface area (Å²) < 4.78 is 47.8. The summed E-state index contributed by atoms with van der Waals surface area (Å²) in [4.78, 5) is 63.5. The van der Waals surface area contributed by atoms with Crippen LogP contribution in [0.2, 0.25) is 0 Å². The molecule has 2 saturated carbocycles. The lowest BCUT2D eigenvalue weighted by Gasteiger charge is -2.30. The molecule has 4 amide bonds. The van der Waals surface area contributed by atoms with E-state index in [0.717, 1.165) is 18.4 Å². The van der Waals surface area contributed by atoms with E-state index in [-0.39, 0.29) is 31.2 Å². The second-order valence-corrected chi connectivity index (χ2v) is 20.2. The molecule has 2 aromatic heterocycles. The number of amides is 4. The Balaban J connectivity index is 1.23. The van der Waals surface area contributed by atoms with Gasteiger partial charge in [0.15, 0.2) is 0 Å². The van der Waals surface area contributed by atoms with Crippen molar-refractivity contribution in [3.63, 3.8) is 0 Å². The zero-order chi connectivity index (χ0) is 43.9. The maximum atomic E-state index is 14.9. The minimum absolute atomic E-state index is 0.0269. The number of methoxy groups -OCH3 is 1. The largest absolute Gasteiger partial charge is 0.496 e. The van der Waals surface area contributed by atoms with E-state index in [1.165, 1.54) is 4.90 Å². The summed E-state index contributed by atoms with van der Waals surface area (Å²) in [6.07, 6.45) is 8.89. The standard InChI is InChI=1S/C44H59N7O9S/c1-26(2)24-50-20-17-32(48-50)39(52)45-33-14-12-10-8-9-11-13-29-23-44(29,42(55)49-61(56,57)43(6)18-19-43)47-40(53)34-21-30(25-51(34)41(33)54)60-36-22-37(59-27(3)4)46-38-28(5)35(58-7)16-15-31(36)38/h11,13,15-17,20,22,26-27,29-30,33-34H,8-10,12,14,18-19,21,23-25H2,1-7H3,(H,45,52)(H,47,53)(H,49,55)/t29-,30-,33+,34+,44-/m1/s1. The van der Waals surface area contributed by atoms with Crippen LogP contribution < -0.4 is 29.6 Å². The highest BCUT2D eigenvalue weighted by Crippen LogP contribution is 2.47. The summed E-state index contributed by atoms with van der Waals surface area (Å²) in [5.74, 6) is -1.18.